The third-order valence-electron chi connectivity index (χ3n) is 6.15. The van der Waals surface area contributed by atoms with Crippen molar-refractivity contribution in [2.24, 2.45) is 5.73 Å². The summed E-state index contributed by atoms with van der Waals surface area (Å²) in [5.74, 6) is 0.337. The van der Waals surface area contributed by atoms with E-state index < -0.39 is 11.7 Å². The summed E-state index contributed by atoms with van der Waals surface area (Å²) in [4.78, 5) is 28.2. The van der Waals surface area contributed by atoms with E-state index in [4.69, 9.17) is 20.4 Å². The average molecular weight is 476 g/mol. The second-order valence-corrected chi connectivity index (χ2v) is 8.51. The fraction of sp³-hybridized carbons (Fsp3) is 0.280. The monoisotopic (exact) mass is 475 g/mol. The van der Waals surface area contributed by atoms with Crippen molar-refractivity contribution in [2.45, 2.75) is 25.8 Å². The molecular weight excluding hydrogens is 449 g/mol. The minimum Gasteiger partial charge on any atom is -0.468 e. The fourth-order valence-corrected chi connectivity index (χ4v) is 4.43. The molecule has 1 amide bonds. The number of primary amides is 1. The van der Waals surface area contributed by atoms with Crippen LogP contribution in [0, 0.1) is 5.82 Å². The molecule has 35 heavy (non-hydrogen) atoms. The van der Waals surface area contributed by atoms with Gasteiger partial charge in [-0.1, -0.05) is 30.3 Å². The van der Waals surface area contributed by atoms with E-state index in [0.717, 1.165) is 48.8 Å². The summed E-state index contributed by atoms with van der Waals surface area (Å²) in [5.41, 5.74) is 8.11. The predicted octanol–water partition coefficient (Wildman–Crippen LogP) is 3.45. The third kappa shape index (κ3) is 4.23. The Balaban J connectivity index is 1.71. The van der Waals surface area contributed by atoms with Gasteiger partial charge in [0.1, 0.15) is 23.0 Å². The zero-order valence-electron chi connectivity index (χ0n) is 19.6. The SMILES string of the molecule is COc1nc2c(C(N)=O)cc(F)cc2n1-c1nc(NCc2ccccc2)c2c(n1)N(C)CCCC2. The van der Waals surface area contributed by atoms with Crippen LogP contribution in [0.2, 0.25) is 0 Å². The van der Waals surface area contributed by atoms with Crippen molar-refractivity contribution in [3.8, 4) is 12.0 Å². The van der Waals surface area contributed by atoms with Crippen LogP contribution in [0.1, 0.15) is 34.3 Å². The molecule has 4 aromatic rings. The standard InChI is InChI=1S/C25H26FN7O2/c1-32-11-7-6-10-17-22(28-14-15-8-4-3-5-9-15)30-24(31-23(17)32)33-19-13-16(26)12-18(21(27)34)20(19)29-25(33)35-2/h3-5,8-9,12-13H,6-7,10-11,14H2,1-2H3,(H2,27,34)(H,28,30,31). The second-order valence-electron chi connectivity index (χ2n) is 8.51. The first kappa shape index (κ1) is 22.6. The van der Waals surface area contributed by atoms with E-state index in [-0.39, 0.29) is 23.0 Å². The van der Waals surface area contributed by atoms with E-state index in [1.807, 2.05) is 37.4 Å². The molecule has 3 N–H and O–H groups in total. The molecule has 2 aromatic carbocycles. The van der Waals surface area contributed by atoms with Crippen molar-refractivity contribution in [2.75, 3.05) is 30.9 Å². The van der Waals surface area contributed by atoms with Gasteiger partial charge in [0.05, 0.1) is 18.2 Å². The summed E-state index contributed by atoms with van der Waals surface area (Å²) in [6.07, 6.45) is 2.88. The molecule has 10 heteroatoms. The molecule has 0 aliphatic carbocycles. The van der Waals surface area contributed by atoms with Crippen molar-refractivity contribution in [1.29, 1.82) is 0 Å². The van der Waals surface area contributed by atoms with Gasteiger partial charge in [0.15, 0.2) is 0 Å². The Morgan fingerprint density at radius 2 is 1.97 bits per heavy atom. The van der Waals surface area contributed by atoms with Crippen LogP contribution < -0.4 is 20.7 Å². The minimum atomic E-state index is -0.783. The molecular formula is C25H26FN7O2. The van der Waals surface area contributed by atoms with Crippen molar-refractivity contribution in [1.82, 2.24) is 19.5 Å². The molecule has 180 valence electrons. The maximum absolute atomic E-state index is 14.5. The molecule has 0 bridgehead atoms. The molecule has 3 heterocycles. The number of carbonyl (C=O) groups excluding carboxylic acids is 1. The summed E-state index contributed by atoms with van der Waals surface area (Å²) in [6, 6.07) is 12.5. The normalized spacial score (nSPS) is 13.4. The Bertz CT molecular complexity index is 1400. The highest BCUT2D eigenvalue weighted by atomic mass is 19.1. The minimum absolute atomic E-state index is 0.0358. The van der Waals surface area contributed by atoms with Crippen LogP contribution in [0.5, 0.6) is 6.01 Å². The lowest BCUT2D eigenvalue weighted by atomic mass is 10.1. The largest absolute Gasteiger partial charge is 0.468 e. The van der Waals surface area contributed by atoms with E-state index in [1.165, 1.54) is 17.7 Å². The van der Waals surface area contributed by atoms with Crippen molar-refractivity contribution >= 4 is 28.6 Å². The van der Waals surface area contributed by atoms with Crippen molar-refractivity contribution in [3.05, 3.63) is 65.0 Å². The van der Waals surface area contributed by atoms with E-state index in [9.17, 15) is 9.18 Å². The summed E-state index contributed by atoms with van der Waals surface area (Å²) in [6.45, 7) is 1.43. The lowest BCUT2D eigenvalue weighted by molar-refractivity contribution is 0.100. The number of benzene rings is 2. The van der Waals surface area contributed by atoms with E-state index in [1.54, 1.807) is 0 Å². The number of nitrogens with zero attached hydrogens (tertiary/aromatic N) is 5. The first-order chi connectivity index (χ1) is 17.0. The molecule has 2 aromatic heterocycles. The molecule has 0 saturated carbocycles. The number of anilines is 2. The maximum atomic E-state index is 14.5. The maximum Gasteiger partial charge on any atom is 0.304 e. The Hall–Kier alpha value is -4.21. The van der Waals surface area contributed by atoms with Gasteiger partial charge in [-0.25, -0.2) is 8.96 Å². The zero-order chi connectivity index (χ0) is 24.5. The number of imidazole rings is 1. The average Bonchev–Trinajstić information content (AvgIpc) is 3.12. The number of amides is 1. The van der Waals surface area contributed by atoms with Gasteiger partial charge in [-0.05, 0) is 30.9 Å². The summed E-state index contributed by atoms with van der Waals surface area (Å²) < 4.78 is 21.5. The van der Waals surface area contributed by atoms with Gasteiger partial charge < -0.3 is 20.7 Å². The number of nitrogens with two attached hydrogens (primary N) is 1. The molecule has 0 spiro atoms. The lowest BCUT2D eigenvalue weighted by Crippen LogP contribution is -2.21. The highest BCUT2D eigenvalue weighted by Gasteiger charge is 2.25. The summed E-state index contributed by atoms with van der Waals surface area (Å²) in [5, 5.41) is 3.47. The number of nitrogens with one attached hydrogen (secondary N) is 1. The molecule has 0 unspecified atom stereocenters. The van der Waals surface area contributed by atoms with Crippen molar-refractivity contribution < 1.29 is 13.9 Å². The lowest BCUT2D eigenvalue weighted by Gasteiger charge is -2.21. The molecule has 1 aliphatic rings. The summed E-state index contributed by atoms with van der Waals surface area (Å²) in [7, 11) is 3.44. The number of hydrogen-bond acceptors (Lipinski definition) is 7. The first-order valence-corrected chi connectivity index (χ1v) is 11.4. The first-order valence-electron chi connectivity index (χ1n) is 11.4. The molecule has 0 atom stereocenters. The Kier molecular flexibility index (Phi) is 5.94. The smallest absolute Gasteiger partial charge is 0.304 e. The number of aromatic nitrogens is 4. The molecule has 0 saturated heterocycles. The van der Waals surface area contributed by atoms with Crippen LogP contribution in [0.4, 0.5) is 16.0 Å². The van der Waals surface area contributed by atoms with Gasteiger partial charge in [-0.2, -0.15) is 15.0 Å². The highest BCUT2D eigenvalue weighted by molar-refractivity contribution is 6.04. The molecule has 1 aliphatic heterocycles. The number of rotatable bonds is 6. The third-order valence-corrected chi connectivity index (χ3v) is 6.15. The topological polar surface area (TPSA) is 111 Å². The number of halogens is 1. The van der Waals surface area contributed by atoms with Gasteiger partial charge in [-0.3, -0.25) is 4.79 Å². The Morgan fingerprint density at radius 1 is 1.17 bits per heavy atom. The highest BCUT2D eigenvalue weighted by Crippen LogP contribution is 2.33. The fourth-order valence-electron chi connectivity index (χ4n) is 4.43. The van der Waals surface area contributed by atoms with Crippen molar-refractivity contribution in [3.63, 3.8) is 0 Å². The zero-order valence-corrected chi connectivity index (χ0v) is 19.6. The van der Waals surface area contributed by atoms with Gasteiger partial charge in [-0.15, -0.1) is 0 Å². The van der Waals surface area contributed by atoms with Crippen LogP contribution in [-0.4, -0.2) is 46.1 Å². The predicted molar refractivity (Wildman–Crippen MR) is 132 cm³/mol. The van der Waals surface area contributed by atoms with Crippen LogP contribution in [0.15, 0.2) is 42.5 Å². The number of fused-ring (bicyclic) bond motifs is 2. The number of hydrogen-bond donors (Lipinski definition) is 2. The summed E-state index contributed by atoms with van der Waals surface area (Å²) >= 11 is 0. The quantitative estimate of drug-likeness (QED) is 0.439. The van der Waals surface area contributed by atoms with Gasteiger partial charge in [0.2, 0.25) is 5.95 Å². The second kappa shape index (κ2) is 9.21. The Morgan fingerprint density at radius 3 is 2.71 bits per heavy atom. The molecule has 9 nitrogen and oxygen atoms in total. The van der Waals surface area contributed by atoms with E-state index in [0.29, 0.717) is 17.9 Å². The van der Waals surface area contributed by atoms with Crippen LogP contribution in [0.25, 0.3) is 17.0 Å². The van der Waals surface area contributed by atoms with Crippen LogP contribution in [0.3, 0.4) is 0 Å². The Labute approximate surface area is 201 Å². The number of methoxy groups -OCH3 is 1. The number of ether oxygens (including phenoxy) is 1. The van der Waals surface area contributed by atoms with Gasteiger partial charge in [0, 0.05) is 31.8 Å². The van der Waals surface area contributed by atoms with Crippen LogP contribution >= 0.6 is 0 Å². The van der Waals surface area contributed by atoms with E-state index in [2.05, 4.69) is 15.2 Å². The van der Waals surface area contributed by atoms with Gasteiger partial charge >= 0.3 is 6.01 Å². The number of carbonyl (C=O) groups is 1. The molecule has 0 fully saturated rings. The molecule has 0 radical (unpaired) electrons. The van der Waals surface area contributed by atoms with Gasteiger partial charge in [0.25, 0.3) is 5.91 Å². The van der Waals surface area contributed by atoms with E-state index >= 15 is 0 Å². The van der Waals surface area contributed by atoms with Crippen LogP contribution in [-0.2, 0) is 13.0 Å². The molecule has 5 rings (SSSR count).